The average molecular weight is 510 g/mol. The molecule has 0 unspecified atom stereocenters. The molecule has 4 rings (SSSR count). The first-order valence-electron chi connectivity index (χ1n) is 13.5. The van der Waals surface area contributed by atoms with Crippen LogP contribution in [0, 0.1) is 5.92 Å². The predicted molar refractivity (Wildman–Crippen MR) is 134 cm³/mol. The summed E-state index contributed by atoms with van der Waals surface area (Å²) in [5.74, 6) is 0.583. The van der Waals surface area contributed by atoms with Crippen molar-refractivity contribution in [2.45, 2.75) is 70.5 Å². The number of carbonyl (C=O) groups excluding carboxylic acids is 2. The van der Waals surface area contributed by atoms with Gasteiger partial charge in [-0.15, -0.1) is 0 Å². The number of nitrogens with zero attached hydrogens (tertiary/aromatic N) is 3. The van der Waals surface area contributed by atoms with Crippen LogP contribution in [0.25, 0.3) is 0 Å². The van der Waals surface area contributed by atoms with Crippen molar-refractivity contribution >= 4 is 17.6 Å². The summed E-state index contributed by atoms with van der Waals surface area (Å²) in [5.41, 5.74) is 0.0478. The van der Waals surface area contributed by atoms with E-state index in [0.29, 0.717) is 24.7 Å². The van der Waals surface area contributed by atoms with E-state index >= 15 is 0 Å². The molecule has 0 atom stereocenters. The highest BCUT2D eigenvalue weighted by atomic mass is 19.4. The van der Waals surface area contributed by atoms with Crippen LogP contribution in [0.2, 0.25) is 0 Å². The van der Waals surface area contributed by atoms with Crippen molar-refractivity contribution in [2.75, 3.05) is 50.7 Å². The Bertz CT molecular complexity index is 901. The Kier molecular flexibility index (Phi) is 8.60. The number of urea groups is 1. The highest BCUT2D eigenvalue weighted by molar-refractivity contribution is 5.82. The lowest BCUT2D eigenvalue weighted by molar-refractivity contribution is -0.779. The number of benzene rings is 1. The fourth-order valence-corrected chi connectivity index (χ4v) is 6.08. The van der Waals surface area contributed by atoms with Crippen LogP contribution < -0.4 is 10.2 Å². The molecule has 200 valence electrons. The maximum Gasteiger partial charge on any atom is 0.424 e. The highest BCUT2D eigenvalue weighted by Gasteiger charge is 2.44. The molecule has 0 radical (unpaired) electrons. The van der Waals surface area contributed by atoms with Crippen LogP contribution in [0.1, 0.15) is 63.9 Å². The molecule has 36 heavy (non-hydrogen) atoms. The first-order chi connectivity index (χ1) is 17.2. The van der Waals surface area contributed by atoms with Gasteiger partial charge in [0.1, 0.15) is 0 Å². The number of carbonyl (C=O) groups is 2. The van der Waals surface area contributed by atoms with Crippen molar-refractivity contribution in [1.29, 1.82) is 0 Å². The lowest BCUT2D eigenvalue weighted by Gasteiger charge is -2.38. The first-order valence-corrected chi connectivity index (χ1v) is 13.5. The number of hydrogen-bond donors (Lipinski definition) is 1. The lowest BCUT2D eigenvalue weighted by Crippen LogP contribution is -2.63. The van der Waals surface area contributed by atoms with Gasteiger partial charge in [-0.3, -0.25) is 4.90 Å². The Labute approximate surface area is 212 Å². The number of anilines is 1. The number of nitrogens with one attached hydrogen (secondary N) is 1. The number of halogens is 3. The van der Waals surface area contributed by atoms with Gasteiger partial charge in [-0.25, -0.2) is 9.59 Å². The second-order valence-corrected chi connectivity index (χ2v) is 10.8. The van der Waals surface area contributed by atoms with Crippen LogP contribution in [-0.4, -0.2) is 73.2 Å². The molecule has 1 saturated carbocycles. The third kappa shape index (κ3) is 6.40. The molecule has 2 saturated heterocycles. The fourth-order valence-electron chi connectivity index (χ4n) is 6.08. The van der Waals surface area contributed by atoms with Crippen molar-refractivity contribution in [3.63, 3.8) is 0 Å². The number of imide groups is 1. The predicted octanol–water partition coefficient (Wildman–Crippen LogP) is 5.03. The maximum absolute atomic E-state index is 13.0. The molecule has 0 spiro atoms. The first kappa shape index (κ1) is 26.9. The Hall–Kier alpha value is -2.13. The number of alkyl halides is 3. The van der Waals surface area contributed by atoms with E-state index < -0.39 is 11.7 Å². The van der Waals surface area contributed by atoms with Crippen molar-refractivity contribution in [2.24, 2.45) is 5.92 Å². The summed E-state index contributed by atoms with van der Waals surface area (Å²) in [6.45, 7) is 6.96. The molecule has 1 aromatic rings. The minimum atomic E-state index is -4.32. The van der Waals surface area contributed by atoms with Crippen molar-refractivity contribution < 1.29 is 27.2 Å². The molecule has 3 aliphatic rings. The zero-order chi connectivity index (χ0) is 25.8. The fraction of sp³-hybridized carbons (Fsp3) is 0.704. The van der Waals surface area contributed by atoms with Crippen LogP contribution >= 0.6 is 0 Å². The molecule has 1 aromatic carbocycles. The standard InChI is InChI=1S/C27H39F3N4O2/c1-21(35)34(18-3-2-4-19-34)26(36)31-24-10-8-22(9-11-24)12-13-32-14-16-33(17-15-32)25-7-5-6-23(20-25)27(28,29)30/h5-7,20,22,24H,2-4,8-19H2,1H3/p+1. The number of rotatable bonds is 5. The van der Waals surface area contributed by atoms with E-state index in [1.54, 1.807) is 13.0 Å². The van der Waals surface area contributed by atoms with E-state index in [2.05, 4.69) is 10.2 Å². The zero-order valence-corrected chi connectivity index (χ0v) is 21.4. The minimum Gasteiger partial charge on any atom is -0.369 e. The van der Waals surface area contributed by atoms with E-state index in [4.69, 9.17) is 0 Å². The van der Waals surface area contributed by atoms with E-state index in [-0.39, 0.29) is 22.5 Å². The van der Waals surface area contributed by atoms with Crippen LogP contribution in [0.5, 0.6) is 0 Å². The van der Waals surface area contributed by atoms with Gasteiger partial charge in [0.25, 0.3) is 0 Å². The van der Waals surface area contributed by atoms with Crippen molar-refractivity contribution in [3.05, 3.63) is 29.8 Å². The molecule has 9 heteroatoms. The Morgan fingerprint density at radius 2 is 1.67 bits per heavy atom. The van der Waals surface area contributed by atoms with Gasteiger partial charge in [-0.2, -0.15) is 17.7 Å². The summed E-state index contributed by atoms with van der Waals surface area (Å²) in [6.07, 6.45) is 3.80. The molecule has 0 bridgehead atoms. The molecule has 2 aliphatic heterocycles. The second kappa shape index (κ2) is 11.5. The number of piperazine rings is 1. The number of amides is 3. The molecule has 0 aromatic heterocycles. The molecular formula is C27H40F3N4O2+. The molecule has 3 fully saturated rings. The zero-order valence-electron chi connectivity index (χ0n) is 21.4. The second-order valence-electron chi connectivity index (χ2n) is 10.8. The van der Waals surface area contributed by atoms with Gasteiger partial charge in [-0.05, 0) is 82.0 Å². The topological polar surface area (TPSA) is 52.7 Å². The van der Waals surface area contributed by atoms with E-state index in [1.165, 1.54) is 12.1 Å². The van der Waals surface area contributed by atoms with Crippen molar-refractivity contribution in [1.82, 2.24) is 10.2 Å². The van der Waals surface area contributed by atoms with Gasteiger partial charge >= 0.3 is 18.1 Å². The summed E-state index contributed by atoms with van der Waals surface area (Å²) >= 11 is 0. The normalized spacial score (nSPS) is 25.4. The molecule has 6 nitrogen and oxygen atoms in total. The average Bonchev–Trinajstić information content (AvgIpc) is 2.88. The molecule has 3 amide bonds. The Morgan fingerprint density at radius 1 is 1.00 bits per heavy atom. The minimum absolute atomic E-state index is 0.0353. The van der Waals surface area contributed by atoms with E-state index in [0.717, 1.165) is 90.2 Å². The molecule has 1 N–H and O–H groups in total. The van der Waals surface area contributed by atoms with Crippen LogP contribution in [-0.2, 0) is 11.0 Å². The number of likely N-dealkylation sites (tertiary alicyclic amines) is 1. The molecule has 1 aliphatic carbocycles. The quantitative estimate of drug-likeness (QED) is 0.566. The van der Waals surface area contributed by atoms with Crippen LogP contribution in [0.15, 0.2) is 24.3 Å². The van der Waals surface area contributed by atoms with E-state index in [1.807, 2.05) is 4.90 Å². The van der Waals surface area contributed by atoms with Gasteiger partial charge in [0.05, 0.1) is 25.6 Å². The Morgan fingerprint density at radius 3 is 2.28 bits per heavy atom. The molecular weight excluding hydrogens is 469 g/mol. The van der Waals surface area contributed by atoms with Crippen LogP contribution in [0.3, 0.4) is 0 Å². The third-order valence-electron chi connectivity index (χ3n) is 8.51. The van der Waals surface area contributed by atoms with Gasteiger partial charge in [0.15, 0.2) is 0 Å². The largest absolute Gasteiger partial charge is 0.424 e. The van der Waals surface area contributed by atoms with Crippen LogP contribution in [0.4, 0.5) is 23.7 Å². The summed E-state index contributed by atoms with van der Waals surface area (Å²) in [6, 6.07) is 5.66. The number of piperidine rings is 1. The number of hydrogen-bond acceptors (Lipinski definition) is 4. The third-order valence-corrected chi connectivity index (χ3v) is 8.51. The van der Waals surface area contributed by atoms with E-state index in [9.17, 15) is 22.8 Å². The Balaban J connectivity index is 1.17. The molecule has 2 heterocycles. The maximum atomic E-state index is 13.0. The lowest BCUT2D eigenvalue weighted by atomic mass is 9.84. The summed E-state index contributed by atoms with van der Waals surface area (Å²) in [4.78, 5) is 29.8. The summed E-state index contributed by atoms with van der Waals surface area (Å²) in [7, 11) is 0. The summed E-state index contributed by atoms with van der Waals surface area (Å²) < 4.78 is 39.1. The van der Waals surface area contributed by atoms with Gasteiger partial charge in [-0.1, -0.05) is 6.07 Å². The monoisotopic (exact) mass is 509 g/mol. The SMILES string of the molecule is CC(=O)[N+]1(C(=O)NC2CCC(CCN3CCN(c4cccc(C(F)(F)F)c4)CC3)CC2)CCCCC1. The summed E-state index contributed by atoms with van der Waals surface area (Å²) in [5, 5.41) is 3.20. The smallest absolute Gasteiger partial charge is 0.369 e. The van der Waals surface area contributed by atoms with Gasteiger partial charge < -0.3 is 10.2 Å². The van der Waals surface area contributed by atoms with Gasteiger partial charge in [0.2, 0.25) is 0 Å². The van der Waals surface area contributed by atoms with Gasteiger partial charge in [0, 0.05) is 37.9 Å². The van der Waals surface area contributed by atoms with Crippen molar-refractivity contribution in [3.8, 4) is 0 Å². The number of quaternary nitrogens is 1. The highest BCUT2D eigenvalue weighted by Crippen LogP contribution is 2.32.